The van der Waals surface area contributed by atoms with Crippen molar-refractivity contribution < 1.29 is 4.79 Å². The van der Waals surface area contributed by atoms with Crippen molar-refractivity contribution in [1.29, 1.82) is 0 Å². The zero-order valence-electron chi connectivity index (χ0n) is 17.2. The molecule has 1 amide bonds. The van der Waals surface area contributed by atoms with Crippen LogP contribution in [-0.2, 0) is 11.3 Å². The summed E-state index contributed by atoms with van der Waals surface area (Å²) in [6.07, 6.45) is 2.16. The van der Waals surface area contributed by atoms with E-state index in [0.717, 1.165) is 45.0 Å². The van der Waals surface area contributed by atoms with Gasteiger partial charge in [0.15, 0.2) is 5.96 Å². The Hall–Kier alpha value is -2.08. The molecular formula is C21H35N5O. The molecule has 0 saturated carbocycles. The van der Waals surface area contributed by atoms with Crippen molar-refractivity contribution in [1.82, 2.24) is 20.4 Å². The summed E-state index contributed by atoms with van der Waals surface area (Å²) in [6, 6.07) is 11.0. The van der Waals surface area contributed by atoms with Crippen LogP contribution in [-0.4, -0.2) is 68.0 Å². The maximum absolute atomic E-state index is 11.9. The fraction of sp³-hybridized carbons (Fsp3) is 0.619. The molecule has 1 aromatic rings. The first kappa shape index (κ1) is 21.2. The highest BCUT2D eigenvalue weighted by molar-refractivity contribution is 5.84. The third kappa shape index (κ3) is 7.99. The molecule has 0 atom stereocenters. The number of nitrogens with one attached hydrogen (secondary N) is 2. The van der Waals surface area contributed by atoms with Gasteiger partial charge in [0.1, 0.15) is 6.54 Å². The molecule has 2 N–H and O–H groups in total. The molecule has 0 bridgehead atoms. The summed E-state index contributed by atoms with van der Waals surface area (Å²) in [6.45, 7) is 8.50. The molecule has 1 aliphatic heterocycles. The van der Waals surface area contributed by atoms with Crippen LogP contribution in [0, 0.1) is 5.92 Å². The number of carbonyl (C=O) groups excluding carboxylic acids is 1. The van der Waals surface area contributed by atoms with E-state index < -0.39 is 0 Å². The zero-order valence-corrected chi connectivity index (χ0v) is 17.2. The van der Waals surface area contributed by atoms with Crippen LogP contribution in [0.1, 0.15) is 32.3 Å². The number of carbonyl (C=O) groups is 1. The highest BCUT2D eigenvalue weighted by Crippen LogP contribution is 2.13. The van der Waals surface area contributed by atoms with E-state index in [9.17, 15) is 4.79 Å². The first-order chi connectivity index (χ1) is 12.9. The molecule has 0 unspecified atom stereocenters. The molecule has 6 nitrogen and oxygen atoms in total. The fourth-order valence-electron chi connectivity index (χ4n) is 3.01. The molecule has 0 aromatic heterocycles. The largest absolute Gasteiger partial charge is 0.356 e. The predicted molar refractivity (Wildman–Crippen MR) is 112 cm³/mol. The van der Waals surface area contributed by atoms with Gasteiger partial charge in [0, 0.05) is 46.3 Å². The van der Waals surface area contributed by atoms with E-state index in [1.54, 1.807) is 19.0 Å². The molecule has 0 spiro atoms. The first-order valence-corrected chi connectivity index (χ1v) is 9.95. The van der Waals surface area contributed by atoms with Gasteiger partial charge < -0.3 is 15.5 Å². The molecule has 2 rings (SSSR count). The van der Waals surface area contributed by atoms with Crippen LogP contribution in [0.5, 0.6) is 0 Å². The summed E-state index contributed by atoms with van der Waals surface area (Å²) < 4.78 is 0. The van der Waals surface area contributed by atoms with Gasteiger partial charge >= 0.3 is 0 Å². The third-order valence-electron chi connectivity index (χ3n) is 4.73. The number of aliphatic imine (C=N–C) groups is 1. The first-order valence-electron chi connectivity index (χ1n) is 9.95. The average molecular weight is 374 g/mol. The number of guanidine groups is 1. The van der Waals surface area contributed by atoms with Crippen molar-refractivity contribution in [3.63, 3.8) is 0 Å². The lowest BCUT2D eigenvalue weighted by Gasteiger charge is -2.33. The van der Waals surface area contributed by atoms with Crippen LogP contribution in [0.25, 0.3) is 0 Å². The number of benzene rings is 1. The lowest BCUT2D eigenvalue weighted by atomic mass is 10.0. The number of hydrogen-bond donors (Lipinski definition) is 2. The van der Waals surface area contributed by atoms with Crippen LogP contribution in [0.4, 0.5) is 0 Å². The van der Waals surface area contributed by atoms with Crippen LogP contribution < -0.4 is 10.6 Å². The summed E-state index contributed by atoms with van der Waals surface area (Å²) in [5.74, 6) is 1.29. The monoisotopic (exact) mass is 373 g/mol. The molecule has 1 saturated heterocycles. The standard InChI is InChI=1S/C21H35N5O/c1-17(2)14-22-21(23-15-20(27)25(3)4)24-19-10-12-26(13-11-19)16-18-8-6-5-7-9-18/h5-9,17,19H,10-16H2,1-4H3,(H2,22,23,24). The van der Waals surface area contributed by atoms with Gasteiger partial charge in [0.2, 0.25) is 5.91 Å². The second-order valence-electron chi connectivity index (χ2n) is 7.91. The Balaban J connectivity index is 1.84. The predicted octanol–water partition coefficient (Wildman–Crippen LogP) is 1.93. The van der Waals surface area contributed by atoms with E-state index in [1.807, 2.05) is 0 Å². The lowest BCUT2D eigenvalue weighted by molar-refractivity contribution is -0.127. The maximum Gasteiger partial charge on any atom is 0.243 e. The molecular weight excluding hydrogens is 338 g/mol. The second-order valence-corrected chi connectivity index (χ2v) is 7.91. The Bertz CT molecular complexity index is 592. The summed E-state index contributed by atoms with van der Waals surface area (Å²) in [7, 11) is 3.52. The van der Waals surface area contributed by atoms with Gasteiger partial charge in [-0.1, -0.05) is 44.2 Å². The van der Waals surface area contributed by atoms with Crippen molar-refractivity contribution in [2.75, 3.05) is 40.3 Å². The highest BCUT2D eigenvalue weighted by Gasteiger charge is 2.20. The molecule has 0 aliphatic carbocycles. The zero-order chi connectivity index (χ0) is 19.6. The van der Waals surface area contributed by atoms with Gasteiger partial charge in [0.25, 0.3) is 0 Å². The van der Waals surface area contributed by atoms with Gasteiger partial charge in [-0.2, -0.15) is 0 Å². The van der Waals surface area contributed by atoms with Crippen LogP contribution >= 0.6 is 0 Å². The summed E-state index contributed by atoms with van der Waals surface area (Å²) in [4.78, 5) is 20.4. The van der Waals surface area contributed by atoms with E-state index in [2.05, 4.69) is 64.7 Å². The Labute approximate surface area is 164 Å². The normalized spacial score (nSPS) is 16.4. The van der Waals surface area contributed by atoms with Crippen molar-refractivity contribution in [3.8, 4) is 0 Å². The molecule has 150 valence electrons. The summed E-state index contributed by atoms with van der Waals surface area (Å²) in [5.41, 5.74) is 1.37. The van der Waals surface area contributed by atoms with E-state index in [0.29, 0.717) is 12.0 Å². The van der Waals surface area contributed by atoms with Gasteiger partial charge in [-0.25, -0.2) is 4.99 Å². The van der Waals surface area contributed by atoms with E-state index in [1.165, 1.54) is 5.56 Å². The SMILES string of the molecule is CC(C)CNC(=NCC(=O)N(C)C)NC1CCN(Cc2ccccc2)CC1. The Morgan fingerprint density at radius 1 is 1.22 bits per heavy atom. The number of hydrogen-bond acceptors (Lipinski definition) is 3. The van der Waals surface area contributed by atoms with Crippen LogP contribution in [0.3, 0.4) is 0 Å². The minimum atomic E-state index is 0.0123. The van der Waals surface area contributed by atoms with E-state index in [4.69, 9.17) is 0 Å². The number of amides is 1. The Kier molecular flexibility index (Phi) is 8.58. The average Bonchev–Trinajstić information content (AvgIpc) is 2.65. The molecule has 0 radical (unpaired) electrons. The quantitative estimate of drug-likeness (QED) is 0.566. The van der Waals surface area contributed by atoms with Crippen molar-refractivity contribution in [2.24, 2.45) is 10.9 Å². The van der Waals surface area contributed by atoms with Gasteiger partial charge in [-0.15, -0.1) is 0 Å². The smallest absolute Gasteiger partial charge is 0.243 e. The van der Waals surface area contributed by atoms with Gasteiger partial charge in [0.05, 0.1) is 0 Å². The maximum atomic E-state index is 11.9. The third-order valence-corrected chi connectivity index (χ3v) is 4.73. The summed E-state index contributed by atoms with van der Waals surface area (Å²) in [5, 5.41) is 6.90. The number of likely N-dealkylation sites (N-methyl/N-ethyl adjacent to an activating group) is 1. The lowest BCUT2D eigenvalue weighted by Crippen LogP contribution is -2.49. The Morgan fingerprint density at radius 3 is 2.48 bits per heavy atom. The number of piperidine rings is 1. The molecule has 1 aromatic carbocycles. The number of nitrogens with zero attached hydrogens (tertiary/aromatic N) is 3. The molecule has 1 fully saturated rings. The van der Waals surface area contributed by atoms with Gasteiger partial charge in [-0.05, 0) is 24.3 Å². The van der Waals surface area contributed by atoms with Crippen LogP contribution in [0.15, 0.2) is 35.3 Å². The minimum absolute atomic E-state index is 0.0123. The number of rotatable bonds is 7. The van der Waals surface area contributed by atoms with E-state index >= 15 is 0 Å². The van der Waals surface area contributed by atoms with Crippen molar-refractivity contribution in [3.05, 3.63) is 35.9 Å². The Morgan fingerprint density at radius 2 is 1.89 bits per heavy atom. The summed E-state index contributed by atoms with van der Waals surface area (Å²) >= 11 is 0. The molecule has 27 heavy (non-hydrogen) atoms. The second kappa shape index (κ2) is 10.9. The highest BCUT2D eigenvalue weighted by atomic mass is 16.2. The van der Waals surface area contributed by atoms with Crippen molar-refractivity contribution in [2.45, 2.75) is 39.3 Å². The van der Waals surface area contributed by atoms with E-state index in [-0.39, 0.29) is 12.5 Å². The van der Waals surface area contributed by atoms with Crippen LogP contribution in [0.2, 0.25) is 0 Å². The molecule has 1 aliphatic rings. The molecule has 6 heteroatoms. The topological polar surface area (TPSA) is 60.0 Å². The fourth-order valence-corrected chi connectivity index (χ4v) is 3.01. The molecule has 1 heterocycles. The van der Waals surface area contributed by atoms with Crippen molar-refractivity contribution >= 4 is 11.9 Å². The van der Waals surface area contributed by atoms with Gasteiger partial charge in [-0.3, -0.25) is 9.69 Å². The minimum Gasteiger partial charge on any atom is -0.356 e. The number of likely N-dealkylation sites (tertiary alicyclic amines) is 1.